The summed E-state index contributed by atoms with van der Waals surface area (Å²) in [6.45, 7) is 1.35. The topological polar surface area (TPSA) is 130 Å². The van der Waals surface area contributed by atoms with Gasteiger partial charge in [-0.2, -0.15) is 31.7 Å². The molecular weight excluding hydrogens is 582 g/mol. The quantitative estimate of drug-likeness (QED) is 0.272. The van der Waals surface area contributed by atoms with Crippen LogP contribution in [0.1, 0.15) is 12.6 Å². The van der Waals surface area contributed by atoms with Gasteiger partial charge >= 0.3 is 17.8 Å². The minimum atomic E-state index is -5.95. The van der Waals surface area contributed by atoms with Crippen LogP contribution in [0, 0.1) is 5.82 Å². The Hall–Kier alpha value is -4.61. The maximum absolute atomic E-state index is 13.9. The third-order valence-corrected chi connectivity index (χ3v) is 7.80. The average Bonchev–Trinajstić information content (AvgIpc) is 3.47. The third-order valence-electron chi connectivity index (χ3n) is 6.04. The van der Waals surface area contributed by atoms with E-state index in [1.54, 1.807) is 0 Å². The summed E-state index contributed by atoms with van der Waals surface area (Å²) < 4.78 is 109. The zero-order chi connectivity index (χ0) is 29.9. The normalized spacial score (nSPS) is 12.8. The summed E-state index contributed by atoms with van der Waals surface area (Å²) in [4.78, 5) is 21.0. The van der Waals surface area contributed by atoms with Crippen molar-refractivity contribution in [1.82, 2.24) is 39.1 Å². The Kier molecular flexibility index (Phi) is 6.47. The lowest BCUT2D eigenvalue weighted by atomic mass is 10.2. The van der Waals surface area contributed by atoms with Gasteiger partial charge in [-0.1, -0.05) is 13.0 Å². The smallest absolute Gasteiger partial charge is 0.309 e. The maximum atomic E-state index is 13.9. The second-order valence-electron chi connectivity index (χ2n) is 8.60. The van der Waals surface area contributed by atoms with E-state index in [1.165, 1.54) is 38.2 Å². The predicted molar refractivity (Wildman–Crippen MR) is 130 cm³/mol. The van der Waals surface area contributed by atoms with E-state index in [0.717, 1.165) is 32.3 Å². The van der Waals surface area contributed by atoms with Gasteiger partial charge in [0.05, 0.1) is 16.3 Å². The molecule has 0 aliphatic rings. The van der Waals surface area contributed by atoms with E-state index >= 15 is 0 Å². The van der Waals surface area contributed by atoms with Gasteiger partial charge in [0, 0.05) is 7.05 Å². The molecular formula is C23H16F6N8O3S. The predicted octanol–water partition coefficient (Wildman–Crippen LogP) is 3.35. The number of halogens is 6. The zero-order valence-corrected chi connectivity index (χ0v) is 21.6. The Balaban J connectivity index is 1.70. The summed E-state index contributed by atoms with van der Waals surface area (Å²) in [6.07, 6.45) is -4.87. The highest BCUT2D eigenvalue weighted by Gasteiger charge is 2.60. The Bertz CT molecular complexity index is 1980. The number of aromatic nitrogens is 8. The minimum Gasteiger partial charge on any atom is -0.309 e. The van der Waals surface area contributed by atoms with Gasteiger partial charge in [-0.25, -0.2) is 32.1 Å². The number of nitrogens with zero attached hydrogens (tertiary/aromatic N) is 8. The van der Waals surface area contributed by atoms with E-state index in [0.29, 0.717) is 6.07 Å². The Morgan fingerprint density at radius 1 is 0.976 bits per heavy atom. The number of benzene rings is 1. The molecule has 0 fully saturated rings. The Labute approximate surface area is 225 Å². The first-order chi connectivity index (χ1) is 19.2. The molecule has 5 aromatic rings. The second-order valence-corrected chi connectivity index (χ2v) is 10.8. The van der Waals surface area contributed by atoms with Crippen molar-refractivity contribution >= 4 is 21.0 Å². The molecule has 5 rings (SSSR count). The molecule has 0 aliphatic carbocycles. The SMILES string of the molecule is CCS(=O)(=O)c1ccc(-n2ncn(-c3cccc(F)c3)c2=O)nc1-c1nc2cc(C(F)(F)C(F)(F)F)nnc2n1C. The highest BCUT2D eigenvalue weighted by Crippen LogP contribution is 2.43. The molecule has 0 N–H and O–H groups in total. The fourth-order valence-corrected chi connectivity index (χ4v) is 4.90. The van der Waals surface area contributed by atoms with E-state index in [-0.39, 0.29) is 39.3 Å². The van der Waals surface area contributed by atoms with E-state index in [2.05, 4.69) is 25.3 Å². The number of rotatable bonds is 6. The number of hydrogen-bond acceptors (Lipinski definition) is 8. The molecule has 0 radical (unpaired) electrons. The van der Waals surface area contributed by atoms with Crippen molar-refractivity contribution in [3.8, 4) is 23.0 Å². The first-order valence-electron chi connectivity index (χ1n) is 11.5. The fraction of sp³-hybridized carbons (Fsp3) is 0.217. The summed E-state index contributed by atoms with van der Waals surface area (Å²) in [5.74, 6) is -6.81. The van der Waals surface area contributed by atoms with Crippen LogP contribution in [0.25, 0.3) is 34.2 Å². The number of imidazole rings is 1. The van der Waals surface area contributed by atoms with Crippen molar-refractivity contribution in [3.05, 3.63) is 70.8 Å². The lowest BCUT2D eigenvalue weighted by Crippen LogP contribution is -2.34. The standard InChI is InChI=1S/C23H16F6N8O3S/c1-3-41(39,40)15-7-8-17(37-21(38)36(11-30-37)13-6-4-5-12(24)9-13)32-18(15)20-31-14-10-16(22(25,26)23(27,28)29)33-34-19(14)35(20)2/h4-11H,3H2,1-2H3. The van der Waals surface area contributed by atoms with Gasteiger partial charge in [0.2, 0.25) is 0 Å². The van der Waals surface area contributed by atoms with Gasteiger partial charge in [0.25, 0.3) is 0 Å². The molecule has 214 valence electrons. The summed E-state index contributed by atoms with van der Waals surface area (Å²) in [7, 11) is -2.71. The summed E-state index contributed by atoms with van der Waals surface area (Å²) in [6, 6.07) is 7.78. The number of alkyl halides is 5. The van der Waals surface area contributed by atoms with E-state index in [9.17, 15) is 39.6 Å². The molecule has 0 atom stereocenters. The molecule has 0 unspecified atom stereocenters. The maximum Gasteiger partial charge on any atom is 0.459 e. The number of hydrogen-bond donors (Lipinski definition) is 0. The fourth-order valence-electron chi connectivity index (χ4n) is 3.88. The first-order valence-corrected chi connectivity index (χ1v) is 13.1. The van der Waals surface area contributed by atoms with Crippen molar-refractivity contribution in [2.24, 2.45) is 7.05 Å². The largest absolute Gasteiger partial charge is 0.459 e. The van der Waals surface area contributed by atoms with Crippen LogP contribution in [-0.4, -0.2) is 59.4 Å². The Morgan fingerprint density at radius 3 is 2.37 bits per heavy atom. The molecule has 41 heavy (non-hydrogen) atoms. The molecule has 0 aliphatic heterocycles. The van der Waals surface area contributed by atoms with Crippen LogP contribution >= 0.6 is 0 Å². The highest BCUT2D eigenvalue weighted by atomic mass is 32.2. The third kappa shape index (κ3) is 4.62. The van der Waals surface area contributed by atoms with Crippen LogP contribution in [-0.2, 0) is 22.8 Å². The zero-order valence-electron chi connectivity index (χ0n) is 20.8. The number of aryl methyl sites for hydroxylation is 1. The molecule has 18 heteroatoms. The summed E-state index contributed by atoms with van der Waals surface area (Å²) in [5, 5.41) is 10.4. The Morgan fingerprint density at radius 2 is 1.71 bits per heavy atom. The average molecular weight is 598 g/mol. The molecule has 0 amide bonds. The molecule has 0 spiro atoms. The van der Waals surface area contributed by atoms with Crippen molar-refractivity contribution in [2.75, 3.05) is 5.75 Å². The van der Waals surface area contributed by atoms with Gasteiger partial charge in [-0.15, -0.1) is 10.2 Å². The van der Waals surface area contributed by atoms with Crippen LogP contribution < -0.4 is 5.69 Å². The van der Waals surface area contributed by atoms with Gasteiger partial charge in [0.1, 0.15) is 29.0 Å². The molecule has 1 aromatic carbocycles. The highest BCUT2D eigenvalue weighted by molar-refractivity contribution is 7.91. The van der Waals surface area contributed by atoms with Crippen molar-refractivity contribution in [2.45, 2.75) is 23.9 Å². The monoisotopic (exact) mass is 598 g/mol. The van der Waals surface area contributed by atoms with Gasteiger partial charge in [-0.05, 0) is 36.4 Å². The van der Waals surface area contributed by atoms with Crippen LogP contribution in [0.4, 0.5) is 26.3 Å². The number of fused-ring (bicyclic) bond motifs is 1. The minimum absolute atomic E-state index is 0.145. The van der Waals surface area contributed by atoms with Gasteiger partial charge < -0.3 is 4.57 Å². The molecule has 0 saturated carbocycles. The van der Waals surface area contributed by atoms with Crippen LogP contribution in [0.3, 0.4) is 0 Å². The molecule has 0 saturated heterocycles. The number of sulfone groups is 1. The number of pyridine rings is 1. The van der Waals surface area contributed by atoms with Crippen molar-refractivity contribution in [1.29, 1.82) is 0 Å². The van der Waals surface area contributed by atoms with Crippen molar-refractivity contribution in [3.63, 3.8) is 0 Å². The van der Waals surface area contributed by atoms with Crippen LogP contribution in [0.5, 0.6) is 0 Å². The lowest BCUT2D eigenvalue weighted by molar-refractivity contribution is -0.291. The first kappa shape index (κ1) is 27.9. The van der Waals surface area contributed by atoms with Crippen LogP contribution in [0.15, 0.2) is 58.5 Å². The second kappa shape index (κ2) is 9.50. The van der Waals surface area contributed by atoms with Gasteiger partial charge in [0.15, 0.2) is 27.1 Å². The van der Waals surface area contributed by atoms with E-state index < -0.39 is 44.7 Å². The lowest BCUT2D eigenvalue weighted by Gasteiger charge is -2.17. The van der Waals surface area contributed by atoms with E-state index in [4.69, 9.17) is 0 Å². The van der Waals surface area contributed by atoms with E-state index in [1.807, 2.05) is 0 Å². The summed E-state index contributed by atoms with van der Waals surface area (Å²) in [5.41, 5.74) is -3.42. The summed E-state index contributed by atoms with van der Waals surface area (Å²) >= 11 is 0. The van der Waals surface area contributed by atoms with Crippen molar-refractivity contribution < 1.29 is 34.8 Å². The molecule has 11 nitrogen and oxygen atoms in total. The molecule has 4 aromatic heterocycles. The van der Waals surface area contributed by atoms with Gasteiger partial charge in [-0.3, -0.25) is 0 Å². The molecule has 0 bridgehead atoms. The van der Waals surface area contributed by atoms with Crippen LogP contribution in [0.2, 0.25) is 0 Å². The molecule has 4 heterocycles.